The summed E-state index contributed by atoms with van der Waals surface area (Å²) >= 11 is 4.78. The Kier molecular flexibility index (Phi) is 4.31. The van der Waals surface area contributed by atoms with Gasteiger partial charge in [0.15, 0.2) is 10.9 Å². The largest absolute Gasteiger partial charge is 0.481 e. The fourth-order valence-electron chi connectivity index (χ4n) is 1.59. The summed E-state index contributed by atoms with van der Waals surface area (Å²) in [7, 11) is 3.08. The van der Waals surface area contributed by atoms with Crippen molar-refractivity contribution in [2.75, 3.05) is 19.5 Å². The molecule has 0 radical (unpaired) electrons. The molecule has 0 saturated carbocycles. The molecule has 20 heavy (non-hydrogen) atoms. The summed E-state index contributed by atoms with van der Waals surface area (Å²) < 4.78 is 10.2. The highest BCUT2D eigenvalue weighted by molar-refractivity contribution is 7.80. The number of hydrogen-bond acceptors (Lipinski definition) is 5. The van der Waals surface area contributed by atoms with Gasteiger partial charge < -0.3 is 20.5 Å². The third-order valence-corrected chi connectivity index (χ3v) is 2.61. The van der Waals surface area contributed by atoms with Crippen molar-refractivity contribution in [2.45, 2.75) is 0 Å². The highest BCUT2D eigenvalue weighted by atomic mass is 32.1. The van der Waals surface area contributed by atoms with Gasteiger partial charge in [0, 0.05) is 11.3 Å². The van der Waals surface area contributed by atoms with Crippen molar-refractivity contribution in [3.05, 3.63) is 30.3 Å². The molecule has 3 N–H and O–H groups in total. The minimum Gasteiger partial charge on any atom is -0.481 e. The molecular weight excluding hydrogens is 276 g/mol. The van der Waals surface area contributed by atoms with Crippen molar-refractivity contribution in [3.8, 4) is 23.1 Å². The minimum absolute atomic E-state index is 0.219. The molecule has 1 aromatic heterocycles. The van der Waals surface area contributed by atoms with E-state index in [0.29, 0.717) is 17.6 Å². The molecule has 0 atom stereocenters. The molecule has 1 heterocycles. The summed E-state index contributed by atoms with van der Waals surface area (Å²) in [5.41, 5.74) is 7.04. The molecule has 7 heteroatoms. The third kappa shape index (κ3) is 3.33. The van der Waals surface area contributed by atoms with E-state index >= 15 is 0 Å². The summed E-state index contributed by atoms with van der Waals surface area (Å²) in [6.45, 7) is 0. The lowest BCUT2D eigenvalue weighted by Crippen LogP contribution is -2.18. The first kappa shape index (κ1) is 14.0. The number of nitrogens with zero attached hydrogens (tertiary/aromatic N) is 2. The number of rotatable bonds is 4. The van der Waals surface area contributed by atoms with Crippen molar-refractivity contribution < 1.29 is 9.47 Å². The van der Waals surface area contributed by atoms with Gasteiger partial charge >= 0.3 is 0 Å². The zero-order valence-corrected chi connectivity index (χ0v) is 11.9. The number of anilines is 1. The third-order valence-electron chi connectivity index (χ3n) is 2.51. The Bertz CT molecular complexity index is 594. The molecule has 0 spiro atoms. The Balaban J connectivity index is 2.33. The van der Waals surface area contributed by atoms with Crippen LogP contribution in [0.2, 0.25) is 0 Å². The van der Waals surface area contributed by atoms with Crippen LogP contribution in [0, 0.1) is 0 Å². The first-order valence-corrected chi connectivity index (χ1v) is 6.17. The molecule has 0 bridgehead atoms. The maximum Gasteiger partial charge on any atom is 0.220 e. The van der Waals surface area contributed by atoms with Crippen molar-refractivity contribution >= 4 is 23.0 Å². The monoisotopic (exact) mass is 290 g/mol. The van der Waals surface area contributed by atoms with Gasteiger partial charge in [-0.2, -0.15) is 9.97 Å². The van der Waals surface area contributed by atoms with Crippen LogP contribution in [0.15, 0.2) is 30.3 Å². The number of thiocarbonyl (C=S) groups is 1. The van der Waals surface area contributed by atoms with Gasteiger partial charge in [0.1, 0.15) is 0 Å². The van der Waals surface area contributed by atoms with E-state index in [1.165, 1.54) is 0 Å². The number of nitrogens with two attached hydrogens (primary N) is 1. The molecule has 0 unspecified atom stereocenters. The Morgan fingerprint density at radius 3 is 2.10 bits per heavy atom. The molecule has 0 aliphatic carbocycles. The molecule has 0 fully saturated rings. The second kappa shape index (κ2) is 6.16. The first-order valence-electron chi connectivity index (χ1n) is 5.76. The summed E-state index contributed by atoms with van der Waals surface area (Å²) in [6, 6.07) is 9.00. The quantitative estimate of drug-likeness (QED) is 0.831. The van der Waals surface area contributed by atoms with E-state index in [-0.39, 0.29) is 5.11 Å². The molecular formula is C13H14N4O2S. The highest BCUT2D eigenvalue weighted by Crippen LogP contribution is 2.23. The van der Waals surface area contributed by atoms with Crippen LogP contribution in [-0.2, 0) is 0 Å². The van der Waals surface area contributed by atoms with Gasteiger partial charge in [0.25, 0.3) is 0 Å². The second-order valence-corrected chi connectivity index (χ2v) is 4.28. The predicted molar refractivity (Wildman–Crippen MR) is 81.0 cm³/mol. The molecule has 0 saturated heterocycles. The Morgan fingerprint density at radius 1 is 1.10 bits per heavy atom. The molecule has 2 rings (SSSR count). The second-order valence-electron chi connectivity index (χ2n) is 3.84. The van der Waals surface area contributed by atoms with Gasteiger partial charge in [-0.1, -0.05) is 0 Å². The van der Waals surface area contributed by atoms with Crippen LogP contribution >= 0.6 is 12.2 Å². The fourth-order valence-corrected chi connectivity index (χ4v) is 1.70. The fraction of sp³-hybridized carbons (Fsp3) is 0.154. The Morgan fingerprint density at radius 2 is 1.65 bits per heavy atom. The standard InChI is InChI=1S/C13H14N4O2S/c1-18-10-7-11(19-2)17-12(16-10)8-3-5-9(6-4-8)15-13(14)20/h3-7H,1-2H3,(H3,14,15,20). The Hall–Kier alpha value is -2.41. The summed E-state index contributed by atoms with van der Waals surface area (Å²) in [6.07, 6.45) is 0. The highest BCUT2D eigenvalue weighted by Gasteiger charge is 2.07. The van der Waals surface area contributed by atoms with E-state index in [1.807, 2.05) is 24.3 Å². The molecule has 0 aliphatic rings. The van der Waals surface area contributed by atoms with Gasteiger partial charge in [0.05, 0.1) is 20.3 Å². The van der Waals surface area contributed by atoms with Crippen LogP contribution in [0.3, 0.4) is 0 Å². The van der Waals surface area contributed by atoms with Crippen LogP contribution in [0.5, 0.6) is 11.8 Å². The zero-order valence-electron chi connectivity index (χ0n) is 11.1. The number of nitrogens with one attached hydrogen (secondary N) is 1. The van der Waals surface area contributed by atoms with Crippen LogP contribution in [0.4, 0.5) is 5.69 Å². The summed E-state index contributed by atoms with van der Waals surface area (Å²) in [4.78, 5) is 8.55. The maximum atomic E-state index is 5.41. The normalized spacial score (nSPS) is 9.90. The average Bonchev–Trinajstić information content (AvgIpc) is 2.46. The van der Waals surface area contributed by atoms with E-state index in [4.69, 9.17) is 27.4 Å². The minimum atomic E-state index is 0.219. The van der Waals surface area contributed by atoms with E-state index < -0.39 is 0 Å². The number of aromatic nitrogens is 2. The van der Waals surface area contributed by atoms with Crippen molar-refractivity contribution in [3.63, 3.8) is 0 Å². The predicted octanol–water partition coefficient (Wildman–Crippen LogP) is 1.82. The molecule has 0 amide bonds. The van der Waals surface area contributed by atoms with E-state index in [1.54, 1.807) is 20.3 Å². The molecule has 0 aliphatic heterocycles. The van der Waals surface area contributed by atoms with Crippen LogP contribution in [0.1, 0.15) is 0 Å². The van der Waals surface area contributed by atoms with E-state index in [2.05, 4.69) is 15.3 Å². The van der Waals surface area contributed by atoms with Crippen LogP contribution in [0.25, 0.3) is 11.4 Å². The topological polar surface area (TPSA) is 82.3 Å². The summed E-state index contributed by atoms with van der Waals surface area (Å²) in [5.74, 6) is 1.40. The average molecular weight is 290 g/mol. The Labute approximate surface area is 121 Å². The molecule has 2 aromatic rings. The van der Waals surface area contributed by atoms with Crippen LogP contribution < -0.4 is 20.5 Å². The van der Waals surface area contributed by atoms with Gasteiger partial charge in [-0.25, -0.2) is 0 Å². The molecule has 104 valence electrons. The van der Waals surface area contributed by atoms with Gasteiger partial charge in [-0.15, -0.1) is 0 Å². The lowest BCUT2D eigenvalue weighted by atomic mass is 10.2. The number of benzene rings is 1. The smallest absolute Gasteiger partial charge is 0.220 e. The van der Waals surface area contributed by atoms with Crippen LogP contribution in [-0.4, -0.2) is 29.3 Å². The SMILES string of the molecule is COc1cc(OC)nc(-c2ccc(NC(N)=S)cc2)n1. The van der Waals surface area contributed by atoms with Crippen molar-refractivity contribution in [2.24, 2.45) is 5.73 Å². The van der Waals surface area contributed by atoms with Crippen molar-refractivity contribution in [1.29, 1.82) is 0 Å². The number of hydrogen-bond donors (Lipinski definition) is 2. The van der Waals surface area contributed by atoms with Gasteiger partial charge in [-0.05, 0) is 36.5 Å². The zero-order chi connectivity index (χ0) is 14.5. The molecule has 6 nitrogen and oxygen atoms in total. The van der Waals surface area contributed by atoms with E-state index in [9.17, 15) is 0 Å². The van der Waals surface area contributed by atoms with E-state index in [0.717, 1.165) is 11.3 Å². The molecule has 1 aromatic carbocycles. The van der Waals surface area contributed by atoms with Gasteiger partial charge in [0.2, 0.25) is 11.8 Å². The number of ether oxygens (including phenoxy) is 2. The summed E-state index contributed by atoms with van der Waals surface area (Å²) in [5, 5.41) is 3.07. The van der Waals surface area contributed by atoms with Gasteiger partial charge in [-0.3, -0.25) is 0 Å². The lowest BCUT2D eigenvalue weighted by Gasteiger charge is -2.07. The van der Waals surface area contributed by atoms with Crippen molar-refractivity contribution in [1.82, 2.24) is 9.97 Å². The number of methoxy groups -OCH3 is 2. The lowest BCUT2D eigenvalue weighted by molar-refractivity contribution is 0.372. The first-order chi connectivity index (χ1) is 9.62. The maximum absolute atomic E-state index is 5.41.